The van der Waals surface area contributed by atoms with Crippen LogP contribution in [0.5, 0.6) is 0 Å². The molecule has 0 spiro atoms. The highest BCUT2D eigenvalue weighted by Crippen LogP contribution is 2.36. The summed E-state index contributed by atoms with van der Waals surface area (Å²) in [6.45, 7) is 3.67. The number of carbonyl (C=O) groups is 1. The van der Waals surface area contributed by atoms with E-state index >= 15 is 0 Å². The fourth-order valence-corrected chi connectivity index (χ4v) is 4.72. The zero-order chi connectivity index (χ0) is 19.8. The Morgan fingerprint density at radius 1 is 1.30 bits per heavy atom. The van der Waals surface area contributed by atoms with E-state index in [1.54, 1.807) is 12.3 Å². The third-order valence-corrected chi connectivity index (χ3v) is 6.73. The minimum atomic E-state index is -4.03. The van der Waals surface area contributed by atoms with E-state index in [0.29, 0.717) is 10.9 Å². The Bertz CT molecular complexity index is 1110. The molecule has 0 saturated carbocycles. The van der Waals surface area contributed by atoms with Crippen LogP contribution in [0.25, 0.3) is 10.9 Å². The maximum atomic E-state index is 13.2. The van der Waals surface area contributed by atoms with Gasteiger partial charge in [0.25, 0.3) is 10.0 Å². The van der Waals surface area contributed by atoms with Crippen molar-refractivity contribution in [2.45, 2.75) is 18.7 Å². The molecule has 0 amide bonds. The van der Waals surface area contributed by atoms with Crippen LogP contribution in [0.2, 0.25) is 0 Å². The summed E-state index contributed by atoms with van der Waals surface area (Å²) in [4.78, 5) is 17.5. The Labute approximate surface area is 160 Å². The molecule has 9 heteroatoms. The second-order valence-corrected chi connectivity index (χ2v) is 8.77. The minimum Gasteiger partial charge on any atom is -0.462 e. The molecule has 0 bridgehead atoms. The summed E-state index contributed by atoms with van der Waals surface area (Å²) in [7, 11) is -2.68. The smallest absolute Gasteiger partial charge is 0.341 e. The van der Waals surface area contributed by atoms with E-state index in [9.17, 15) is 17.6 Å². The number of aryl methyl sites for hydroxylation is 1. The average molecular weight is 408 g/mol. The number of nitrogens with zero attached hydrogens (tertiary/aromatic N) is 2. The SMILES string of the molecule is CCOC(=O)c1cnc2c(C)scc2c1N(C)S(=O)(=O)c1ccc(F)cc1. The van der Waals surface area contributed by atoms with Crippen LogP contribution in [0, 0.1) is 12.7 Å². The van der Waals surface area contributed by atoms with Crippen LogP contribution >= 0.6 is 11.3 Å². The maximum absolute atomic E-state index is 13.2. The van der Waals surface area contributed by atoms with Gasteiger partial charge in [-0.05, 0) is 38.1 Å². The first kappa shape index (κ1) is 19.2. The number of esters is 1. The molecule has 0 radical (unpaired) electrons. The Morgan fingerprint density at radius 3 is 2.59 bits per heavy atom. The minimum absolute atomic E-state index is 0.0512. The molecule has 0 aliphatic rings. The Balaban J connectivity index is 2.22. The molecule has 27 heavy (non-hydrogen) atoms. The summed E-state index contributed by atoms with van der Waals surface area (Å²) in [5.41, 5.74) is 0.853. The van der Waals surface area contributed by atoms with E-state index in [0.717, 1.165) is 21.3 Å². The largest absolute Gasteiger partial charge is 0.462 e. The van der Waals surface area contributed by atoms with Crippen molar-refractivity contribution in [2.24, 2.45) is 0 Å². The van der Waals surface area contributed by atoms with E-state index in [4.69, 9.17) is 4.74 Å². The number of thiophene rings is 1. The topological polar surface area (TPSA) is 76.6 Å². The third-order valence-electron chi connectivity index (χ3n) is 4.06. The van der Waals surface area contributed by atoms with Gasteiger partial charge in [0.1, 0.15) is 11.4 Å². The molecule has 0 unspecified atom stereocenters. The lowest BCUT2D eigenvalue weighted by Crippen LogP contribution is -2.28. The number of aromatic nitrogens is 1. The molecule has 6 nitrogen and oxygen atoms in total. The van der Waals surface area contributed by atoms with E-state index in [1.165, 1.54) is 36.7 Å². The number of carbonyl (C=O) groups excluding carboxylic acids is 1. The molecule has 3 aromatic rings. The molecule has 0 N–H and O–H groups in total. The number of sulfonamides is 1. The first-order chi connectivity index (χ1) is 12.8. The van der Waals surface area contributed by atoms with Crippen molar-refractivity contribution >= 4 is 43.9 Å². The fraction of sp³-hybridized carbons (Fsp3) is 0.222. The molecule has 142 valence electrons. The van der Waals surface area contributed by atoms with Crippen LogP contribution in [0.15, 0.2) is 40.7 Å². The second kappa shape index (κ2) is 7.24. The predicted molar refractivity (Wildman–Crippen MR) is 102 cm³/mol. The second-order valence-electron chi connectivity index (χ2n) is 5.72. The van der Waals surface area contributed by atoms with Crippen LogP contribution in [0.4, 0.5) is 10.1 Å². The Morgan fingerprint density at radius 2 is 1.96 bits per heavy atom. The van der Waals surface area contributed by atoms with Gasteiger partial charge >= 0.3 is 5.97 Å². The van der Waals surface area contributed by atoms with Crippen LogP contribution in [0.3, 0.4) is 0 Å². The quantitative estimate of drug-likeness (QED) is 0.601. The Hall–Kier alpha value is -2.52. The van der Waals surface area contributed by atoms with Gasteiger partial charge in [0.15, 0.2) is 0 Å². The molecule has 1 aromatic carbocycles. The third kappa shape index (κ3) is 3.40. The van der Waals surface area contributed by atoms with Crippen molar-refractivity contribution in [1.82, 2.24) is 4.98 Å². The number of fused-ring (bicyclic) bond motifs is 1. The molecular weight excluding hydrogens is 391 g/mol. The first-order valence-electron chi connectivity index (χ1n) is 8.05. The van der Waals surface area contributed by atoms with Gasteiger partial charge in [-0.2, -0.15) is 0 Å². The molecule has 2 aromatic heterocycles. The molecule has 0 aliphatic heterocycles. The first-order valence-corrected chi connectivity index (χ1v) is 10.4. The van der Waals surface area contributed by atoms with Gasteiger partial charge in [-0.1, -0.05) is 0 Å². The highest BCUT2D eigenvalue weighted by atomic mass is 32.2. The standard InChI is InChI=1S/C18H17FN2O4S2/c1-4-25-18(22)14-9-20-16-11(2)26-10-15(16)17(14)21(3)27(23,24)13-7-5-12(19)6-8-13/h5-10H,4H2,1-3H3. The van der Waals surface area contributed by atoms with Crippen molar-refractivity contribution < 1.29 is 22.3 Å². The van der Waals surface area contributed by atoms with Gasteiger partial charge < -0.3 is 4.74 Å². The highest BCUT2D eigenvalue weighted by molar-refractivity contribution is 7.92. The van der Waals surface area contributed by atoms with Gasteiger partial charge in [0.2, 0.25) is 0 Å². The van der Waals surface area contributed by atoms with Crippen LogP contribution in [-0.4, -0.2) is 33.0 Å². The van der Waals surface area contributed by atoms with Crippen molar-refractivity contribution in [1.29, 1.82) is 0 Å². The summed E-state index contributed by atoms with van der Waals surface area (Å²) in [6, 6.07) is 4.51. The van der Waals surface area contributed by atoms with Crippen molar-refractivity contribution in [3.05, 3.63) is 52.1 Å². The summed E-state index contributed by atoms with van der Waals surface area (Å²) in [5, 5.41) is 2.29. The van der Waals surface area contributed by atoms with Gasteiger partial charge in [-0.15, -0.1) is 11.3 Å². The average Bonchev–Trinajstić information content (AvgIpc) is 3.02. The lowest BCUT2D eigenvalue weighted by atomic mass is 10.1. The normalized spacial score (nSPS) is 11.6. The summed E-state index contributed by atoms with van der Waals surface area (Å²) in [6.07, 6.45) is 1.33. The maximum Gasteiger partial charge on any atom is 0.341 e. The number of ether oxygens (including phenoxy) is 1. The number of anilines is 1. The monoisotopic (exact) mass is 408 g/mol. The van der Waals surface area contributed by atoms with Crippen LogP contribution in [-0.2, 0) is 14.8 Å². The zero-order valence-corrected chi connectivity index (χ0v) is 16.5. The summed E-state index contributed by atoms with van der Waals surface area (Å²) in [5.74, 6) is -1.20. The van der Waals surface area contributed by atoms with Crippen LogP contribution < -0.4 is 4.31 Å². The molecule has 0 fully saturated rings. The van der Waals surface area contributed by atoms with Gasteiger partial charge in [0, 0.05) is 28.9 Å². The van der Waals surface area contributed by atoms with Crippen molar-refractivity contribution in [3.8, 4) is 0 Å². The highest BCUT2D eigenvalue weighted by Gasteiger charge is 2.29. The number of halogens is 1. The van der Waals surface area contributed by atoms with Gasteiger partial charge in [0.05, 0.1) is 22.7 Å². The Kier molecular flexibility index (Phi) is 5.16. The van der Waals surface area contributed by atoms with Crippen molar-refractivity contribution in [2.75, 3.05) is 18.0 Å². The van der Waals surface area contributed by atoms with Crippen molar-refractivity contribution in [3.63, 3.8) is 0 Å². The molecule has 0 saturated heterocycles. The number of pyridine rings is 1. The fourth-order valence-electron chi connectivity index (χ4n) is 2.69. The summed E-state index contributed by atoms with van der Waals surface area (Å²) >= 11 is 1.41. The predicted octanol–water partition coefficient (Wildman–Crippen LogP) is 3.75. The van der Waals surface area contributed by atoms with E-state index in [2.05, 4.69) is 4.98 Å². The summed E-state index contributed by atoms with van der Waals surface area (Å²) < 4.78 is 45.4. The zero-order valence-electron chi connectivity index (χ0n) is 14.9. The lowest BCUT2D eigenvalue weighted by Gasteiger charge is -2.22. The molecule has 2 heterocycles. The molecular formula is C18H17FN2O4S2. The van der Waals surface area contributed by atoms with Gasteiger partial charge in [-0.3, -0.25) is 9.29 Å². The van der Waals surface area contributed by atoms with E-state index in [-0.39, 0.29) is 22.8 Å². The number of hydrogen-bond donors (Lipinski definition) is 0. The van der Waals surface area contributed by atoms with Crippen LogP contribution in [0.1, 0.15) is 22.2 Å². The van der Waals surface area contributed by atoms with E-state index < -0.39 is 21.8 Å². The number of rotatable bonds is 5. The molecule has 3 rings (SSSR count). The van der Waals surface area contributed by atoms with E-state index in [1.807, 2.05) is 6.92 Å². The molecule has 0 aliphatic carbocycles. The molecule has 0 atom stereocenters. The number of hydrogen-bond acceptors (Lipinski definition) is 6. The van der Waals surface area contributed by atoms with Gasteiger partial charge in [-0.25, -0.2) is 17.6 Å². The number of benzene rings is 1. The lowest BCUT2D eigenvalue weighted by molar-refractivity contribution is 0.0527.